The fourth-order valence-electron chi connectivity index (χ4n) is 1.54. The van der Waals surface area contributed by atoms with E-state index >= 15 is 0 Å². The van der Waals surface area contributed by atoms with Gasteiger partial charge >= 0.3 is 0 Å². The van der Waals surface area contributed by atoms with Gasteiger partial charge in [0, 0.05) is 0 Å². The van der Waals surface area contributed by atoms with Crippen molar-refractivity contribution in [3.05, 3.63) is 66.7 Å². The van der Waals surface area contributed by atoms with E-state index in [1.165, 1.54) is 0 Å². The zero-order chi connectivity index (χ0) is 12.6. The van der Waals surface area contributed by atoms with E-state index in [4.69, 9.17) is 9.47 Å². The highest BCUT2D eigenvalue weighted by molar-refractivity contribution is 5.48. The van der Waals surface area contributed by atoms with Crippen molar-refractivity contribution in [2.45, 2.75) is 0 Å². The van der Waals surface area contributed by atoms with Crippen molar-refractivity contribution < 1.29 is 9.47 Å². The van der Waals surface area contributed by atoms with E-state index in [2.05, 4.69) is 6.58 Å². The summed E-state index contributed by atoms with van der Waals surface area (Å²) in [6.07, 6.45) is 1.81. The van der Waals surface area contributed by atoms with E-state index in [0.29, 0.717) is 13.2 Å². The van der Waals surface area contributed by atoms with Crippen molar-refractivity contribution in [1.29, 1.82) is 0 Å². The fraction of sp³-hybridized carbons (Fsp3) is 0.125. The quantitative estimate of drug-likeness (QED) is 0.715. The van der Waals surface area contributed by atoms with Gasteiger partial charge < -0.3 is 9.47 Å². The first-order valence-electron chi connectivity index (χ1n) is 5.91. The highest BCUT2D eigenvalue weighted by Gasteiger charge is 1.95. The summed E-state index contributed by atoms with van der Waals surface area (Å²) in [7, 11) is 0. The van der Waals surface area contributed by atoms with Crippen LogP contribution in [0.3, 0.4) is 0 Å². The van der Waals surface area contributed by atoms with Gasteiger partial charge in [0.15, 0.2) is 0 Å². The molecule has 0 heterocycles. The molecule has 92 valence electrons. The lowest BCUT2D eigenvalue weighted by atomic mass is 10.2. The standard InChI is InChI=1S/C16H16O2/c1-2-14-8-10-16(11-9-14)18-13-12-17-15-6-4-3-5-7-15/h2-11H,1,12-13H2. The first kappa shape index (κ1) is 12.2. The second kappa shape index (κ2) is 6.50. The van der Waals surface area contributed by atoms with Crippen LogP contribution in [0.25, 0.3) is 6.08 Å². The molecule has 0 N–H and O–H groups in total. The van der Waals surface area contributed by atoms with Gasteiger partial charge in [-0.3, -0.25) is 0 Å². The molecule has 0 atom stereocenters. The minimum Gasteiger partial charge on any atom is -0.490 e. The number of hydrogen-bond donors (Lipinski definition) is 0. The molecular formula is C16H16O2. The number of ether oxygens (including phenoxy) is 2. The summed E-state index contributed by atoms with van der Waals surface area (Å²) < 4.78 is 11.1. The van der Waals surface area contributed by atoms with Crippen molar-refractivity contribution in [3.8, 4) is 11.5 Å². The first-order chi connectivity index (χ1) is 8.88. The molecule has 0 fully saturated rings. The molecule has 0 aliphatic rings. The van der Waals surface area contributed by atoms with Gasteiger partial charge in [-0.1, -0.05) is 43.0 Å². The van der Waals surface area contributed by atoms with Crippen LogP contribution >= 0.6 is 0 Å². The molecule has 0 radical (unpaired) electrons. The zero-order valence-electron chi connectivity index (χ0n) is 10.2. The zero-order valence-corrected chi connectivity index (χ0v) is 10.2. The second-order valence-electron chi connectivity index (χ2n) is 3.78. The number of hydrogen-bond acceptors (Lipinski definition) is 2. The van der Waals surface area contributed by atoms with Gasteiger partial charge in [0.25, 0.3) is 0 Å². The highest BCUT2D eigenvalue weighted by Crippen LogP contribution is 2.13. The lowest BCUT2D eigenvalue weighted by Crippen LogP contribution is -2.08. The molecule has 0 aliphatic carbocycles. The lowest BCUT2D eigenvalue weighted by molar-refractivity contribution is 0.217. The van der Waals surface area contributed by atoms with E-state index in [1.54, 1.807) is 0 Å². The molecule has 2 aromatic rings. The maximum atomic E-state index is 5.57. The Kier molecular flexibility index (Phi) is 4.42. The van der Waals surface area contributed by atoms with E-state index in [-0.39, 0.29) is 0 Å². The molecule has 0 amide bonds. The van der Waals surface area contributed by atoms with Gasteiger partial charge in [0.1, 0.15) is 24.7 Å². The molecule has 0 aromatic heterocycles. The molecule has 18 heavy (non-hydrogen) atoms. The van der Waals surface area contributed by atoms with Gasteiger partial charge in [-0.2, -0.15) is 0 Å². The van der Waals surface area contributed by atoms with Gasteiger partial charge in [-0.25, -0.2) is 0 Å². The summed E-state index contributed by atoms with van der Waals surface area (Å²) >= 11 is 0. The molecule has 0 bridgehead atoms. The Morgan fingerprint density at radius 2 is 1.33 bits per heavy atom. The summed E-state index contributed by atoms with van der Waals surface area (Å²) in [5.74, 6) is 1.71. The molecule has 0 aliphatic heterocycles. The number of rotatable bonds is 6. The Bertz CT molecular complexity index is 474. The van der Waals surface area contributed by atoms with Crippen molar-refractivity contribution in [2.24, 2.45) is 0 Å². The Hall–Kier alpha value is -2.22. The molecule has 0 saturated heterocycles. The molecule has 2 nitrogen and oxygen atoms in total. The Balaban J connectivity index is 1.73. The topological polar surface area (TPSA) is 18.5 Å². The Morgan fingerprint density at radius 3 is 1.89 bits per heavy atom. The van der Waals surface area contributed by atoms with Crippen LogP contribution in [0.5, 0.6) is 11.5 Å². The summed E-state index contributed by atoms with van der Waals surface area (Å²) in [5, 5.41) is 0. The average molecular weight is 240 g/mol. The Labute approximate surface area is 107 Å². The summed E-state index contributed by atoms with van der Waals surface area (Å²) in [6, 6.07) is 17.5. The number of para-hydroxylation sites is 1. The summed E-state index contributed by atoms with van der Waals surface area (Å²) in [4.78, 5) is 0. The van der Waals surface area contributed by atoms with Crippen molar-refractivity contribution in [1.82, 2.24) is 0 Å². The van der Waals surface area contributed by atoms with Gasteiger partial charge in [-0.05, 0) is 29.8 Å². The van der Waals surface area contributed by atoms with Gasteiger partial charge in [-0.15, -0.1) is 0 Å². The van der Waals surface area contributed by atoms with Crippen LogP contribution in [-0.2, 0) is 0 Å². The minimum atomic E-state index is 0.530. The lowest BCUT2D eigenvalue weighted by Gasteiger charge is -2.08. The number of benzene rings is 2. The molecule has 2 aromatic carbocycles. The van der Waals surface area contributed by atoms with Gasteiger partial charge in [0.05, 0.1) is 0 Å². The second-order valence-corrected chi connectivity index (χ2v) is 3.78. The van der Waals surface area contributed by atoms with Crippen LogP contribution in [0.2, 0.25) is 0 Å². The van der Waals surface area contributed by atoms with E-state index in [1.807, 2.05) is 60.7 Å². The van der Waals surface area contributed by atoms with Gasteiger partial charge in [0.2, 0.25) is 0 Å². The van der Waals surface area contributed by atoms with Crippen LogP contribution in [0.15, 0.2) is 61.2 Å². The molecule has 0 spiro atoms. The van der Waals surface area contributed by atoms with Crippen LogP contribution in [0, 0.1) is 0 Å². The predicted molar refractivity (Wildman–Crippen MR) is 74.0 cm³/mol. The largest absolute Gasteiger partial charge is 0.490 e. The third-order valence-corrected chi connectivity index (χ3v) is 2.48. The highest BCUT2D eigenvalue weighted by atomic mass is 16.5. The third kappa shape index (κ3) is 3.67. The van der Waals surface area contributed by atoms with E-state index in [9.17, 15) is 0 Å². The normalized spacial score (nSPS) is 9.78. The molecular weight excluding hydrogens is 224 g/mol. The Morgan fingerprint density at radius 1 is 0.778 bits per heavy atom. The minimum absolute atomic E-state index is 0.530. The van der Waals surface area contributed by atoms with Crippen molar-refractivity contribution >= 4 is 6.08 Å². The molecule has 0 saturated carbocycles. The first-order valence-corrected chi connectivity index (χ1v) is 5.91. The van der Waals surface area contributed by atoms with Crippen LogP contribution in [0.1, 0.15) is 5.56 Å². The SMILES string of the molecule is C=Cc1ccc(OCCOc2ccccc2)cc1. The van der Waals surface area contributed by atoms with Crippen molar-refractivity contribution in [3.63, 3.8) is 0 Å². The molecule has 2 heteroatoms. The molecule has 0 unspecified atom stereocenters. The maximum absolute atomic E-state index is 5.57. The smallest absolute Gasteiger partial charge is 0.122 e. The van der Waals surface area contributed by atoms with E-state index < -0.39 is 0 Å². The van der Waals surface area contributed by atoms with Crippen molar-refractivity contribution in [2.75, 3.05) is 13.2 Å². The average Bonchev–Trinajstić information content (AvgIpc) is 2.45. The summed E-state index contributed by atoms with van der Waals surface area (Å²) in [6.45, 7) is 4.77. The third-order valence-electron chi connectivity index (χ3n) is 2.48. The predicted octanol–water partition coefficient (Wildman–Crippen LogP) is 3.79. The monoisotopic (exact) mass is 240 g/mol. The molecule has 2 rings (SSSR count). The maximum Gasteiger partial charge on any atom is 0.122 e. The summed E-state index contributed by atoms with van der Waals surface area (Å²) in [5.41, 5.74) is 1.09. The van der Waals surface area contributed by atoms with E-state index in [0.717, 1.165) is 17.1 Å². The fourth-order valence-corrected chi connectivity index (χ4v) is 1.54. The van der Waals surface area contributed by atoms with Crippen LogP contribution in [0.4, 0.5) is 0 Å². The van der Waals surface area contributed by atoms with Crippen LogP contribution in [-0.4, -0.2) is 13.2 Å². The van der Waals surface area contributed by atoms with Crippen LogP contribution < -0.4 is 9.47 Å².